The highest BCUT2D eigenvalue weighted by Gasteiger charge is 1.93. The van der Waals surface area contributed by atoms with Gasteiger partial charge in [-0.15, -0.1) is 6.58 Å². The molecule has 0 heteroatoms. The average Bonchev–Trinajstić information content (AvgIpc) is 2.48. The summed E-state index contributed by atoms with van der Waals surface area (Å²) in [5.74, 6) is 0. The van der Waals surface area contributed by atoms with Crippen molar-refractivity contribution in [3.05, 3.63) is 102 Å². The minimum absolute atomic E-state index is 0.888. The first-order chi connectivity index (χ1) is 10.3. The van der Waals surface area contributed by atoms with Crippen LogP contribution >= 0.6 is 0 Å². The van der Waals surface area contributed by atoms with E-state index in [1.54, 1.807) is 0 Å². The van der Waals surface area contributed by atoms with Gasteiger partial charge in [-0.2, -0.15) is 0 Å². The first kappa shape index (κ1) is 15.1. The van der Waals surface area contributed by atoms with Gasteiger partial charge >= 0.3 is 0 Å². The summed E-state index contributed by atoms with van der Waals surface area (Å²) in [5.41, 5.74) is 5.18. The minimum atomic E-state index is 0.888. The second-order valence-electron chi connectivity index (χ2n) is 5.22. The van der Waals surface area contributed by atoms with Gasteiger partial charge in [0.15, 0.2) is 0 Å². The minimum Gasteiger partial charge on any atom is -0.103 e. The summed E-state index contributed by atoms with van der Waals surface area (Å²) in [4.78, 5) is 0. The summed E-state index contributed by atoms with van der Waals surface area (Å²) in [7, 11) is 0. The molecule has 106 valence electrons. The van der Waals surface area contributed by atoms with Gasteiger partial charge in [0.25, 0.3) is 0 Å². The lowest BCUT2D eigenvalue weighted by molar-refractivity contribution is 1.23. The van der Waals surface area contributed by atoms with Gasteiger partial charge in [-0.1, -0.05) is 84.5 Å². The molecule has 21 heavy (non-hydrogen) atoms. The molecule has 0 bridgehead atoms. The number of aryl methyl sites for hydroxylation is 1. The van der Waals surface area contributed by atoms with Gasteiger partial charge in [0.05, 0.1) is 0 Å². The van der Waals surface area contributed by atoms with E-state index in [9.17, 15) is 0 Å². The Morgan fingerprint density at radius 1 is 1.05 bits per heavy atom. The van der Waals surface area contributed by atoms with Crippen LogP contribution in [0.2, 0.25) is 0 Å². The van der Waals surface area contributed by atoms with E-state index >= 15 is 0 Å². The van der Waals surface area contributed by atoms with E-state index in [1.165, 1.54) is 22.3 Å². The maximum atomic E-state index is 3.85. The monoisotopic (exact) mass is 274 g/mol. The summed E-state index contributed by atoms with van der Waals surface area (Å²) < 4.78 is 0. The van der Waals surface area contributed by atoms with Crippen molar-refractivity contribution >= 4 is 6.08 Å². The number of benzene rings is 2. The SMILES string of the molecule is C=CCC(/C=C\Cc1cccc(C)c1)=C/c1ccccc1. The predicted octanol–water partition coefficient (Wildman–Crippen LogP) is 5.75. The van der Waals surface area contributed by atoms with Crippen molar-refractivity contribution in [2.24, 2.45) is 0 Å². The Kier molecular flexibility index (Phi) is 5.78. The second kappa shape index (κ2) is 8.06. The molecule has 0 radical (unpaired) electrons. The average molecular weight is 274 g/mol. The highest BCUT2D eigenvalue weighted by Crippen LogP contribution is 2.13. The Labute approximate surface area is 128 Å². The lowest BCUT2D eigenvalue weighted by Crippen LogP contribution is -1.83. The van der Waals surface area contributed by atoms with Crippen LogP contribution in [0.4, 0.5) is 0 Å². The molecule has 0 spiro atoms. The van der Waals surface area contributed by atoms with E-state index in [4.69, 9.17) is 0 Å². The molecule has 2 aromatic carbocycles. The number of hydrogen-bond donors (Lipinski definition) is 0. The highest BCUT2D eigenvalue weighted by molar-refractivity contribution is 5.56. The second-order valence-corrected chi connectivity index (χ2v) is 5.22. The van der Waals surface area contributed by atoms with Crippen LogP contribution in [-0.4, -0.2) is 0 Å². The summed E-state index contributed by atoms with van der Waals surface area (Å²) in [6.45, 7) is 5.98. The molecule has 0 saturated carbocycles. The van der Waals surface area contributed by atoms with Gasteiger partial charge in [0.1, 0.15) is 0 Å². The van der Waals surface area contributed by atoms with E-state index in [0.29, 0.717) is 0 Å². The Hall–Kier alpha value is -2.34. The quantitative estimate of drug-likeness (QED) is 0.464. The van der Waals surface area contributed by atoms with E-state index < -0.39 is 0 Å². The number of rotatable bonds is 6. The summed E-state index contributed by atoms with van der Waals surface area (Å²) >= 11 is 0. The van der Waals surface area contributed by atoms with Crippen molar-refractivity contribution in [2.45, 2.75) is 19.8 Å². The molecule has 0 nitrogen and oxygen atoms in total. The van der Waals surface area contributed by atoms with Gasteiger partial charge < -0.3 is 0 Å². The maximum absolute atomic E-state index is 3.85. The van der Waals surface area contributed by atoms with Crippen molar-refractivity contribution in [2.75, 3.05) is 0 Å². The molecular weight excluding hydrogens is 252 g/mol. The fourth-order valence-electron chi connectivity index (χ4n) is 2.29. The van der Waals surface area contributed by atoms with E-state index in [0.717, 1.165) is 12.8 Å². The maximum Gasteiger partial charge on any atom is -0.00941 e. The Morgan fingerprint density at radius 3 is 2.57 bits per heavy atom. The third-order valence-corrected chi connectivity index (χ3v) is 3.30. The molecule has 0 saturated heterocycles. The van der Waals surface area contributed by atoms with E-state index in [2.05, 4.69) is 80.3 Å². The van der Waals surface area contributed by atoms with Crippen LogP contribution in [0.25, 0.3) is 6.08 Å². The number of allylic oxidation sites excluding steroid dienone is 4. The lowest BCUT2D eigenvalue weighted by atomic mass is 10.0. The van der Waals surface area contributed by atoms with Crippen LogP contribution in [0.5, 0.6) is 0 Å². The fourth-order valence-corrected chi connectivity index (χ4v) is 2.29. The topological polar surface area (TPSA) is 0 Å². The Balaban J connectivity index is 2.07. The fraction of sp³-hybridized carbons (Fsp3) is 0.143. The molecule has 0 aliphatic carbocycles. The molecular formula is C21H22. The smallest absolute Gasteiger partial charge is 0.00941 e. The van der Waals surface area contributed by atoms with Gasteiger partial charge in [-0.05, 0) is 36.5 Å². The molecule has 0 unspecified atom stereocenters. The van der Waals surface area contributed by atoms with Gasteiger partial charge in [-0.25, -0.2) is 0 Å². The molecule has 0 fully saturated rings. The zero-order valence-electron chi connectivity index (χ0n) is 12.6. The summed E-state index contributed by atoms with van der Waals surface area (Å²) in [6.07, 6.45) is 10.5. The molecule has 0 heterocycles. The summed E-state index contributed by atoms with van der Waals surface area (Å²) in [5, 5.41) is 0. The van der Waals surface area contributed by atoms with Crippen LogP contribution in [0.1, 0.15) is 23.1 Å². The molecule has 0 atom stereocenters. The van der Waals surface area contributed by atoms with Crippen molar-refractivity contribution < 1.29 is 0 Å². The largest absolute Gasteiger partial charge is 0.103 e. The third kappa shape index (κ3) is 5.27. The normalized spacial score (nSPS) is 11.8. The molecule has 0 aliphatic rings. The molecule has 2 rings (SSSR count). The molecule has 0 aromatic heterocycles. The van der Waals surface area contributed by atoms with Crippen LogP contribution in [0, 0.1) is 6.92 Å². The van der Waals surface area contributed by atoms with Crippen LogP contribution < -0.4 is 0 Å². The zero-order valence-corrected chi connectivity index (χ0v) is 12.6. The van der Waals surface area contributed by atoms with Crippen molar-refractivity contribution in [3.63, 3.8) is 0 Å². The van der Waals surface area contributed by atoms with Gasteiger partial charge in [0.2, 0.25) is 0 Å². The standard InChI is InChI=1S/C21H22/c1-3-9-19(17-21-11-5-4-6-12-21)14-8-15-20-13-7-10-18(2)16-20/h3-8,10-14,16-17H,1,9,15H2,2H3/b14-8-,19-17-. The van der Waals surface area contributed by atoms with Crippen LogP contribution in [0.3, 0.4) is 0 Å². The lowest BCUT2D eigenvalue weighted by Gasteiger charge is -2.01. The van der Waals surface area contributed by atoms with E-state index in [1.807, 2.05) is 12.1 Å². The first-order valence-electron chi connectivity index (χ1n) is 7.36. The molecule has 0 N–H and O–H groups in total. The predicted molar refractivity (Wildman–Crippen MR) is 93.3 cm³/mol. The van der Waals surface area contributed by atoms with E-state index in [-0.39, 0.29) is 0 Å². The summed E-state index contributed by atoms with van der Waals surface area (Å²) in [6, 6.07) is 19.1. The van der Waals surface area contributed by atoms with Gasteiger partial charge in [-0.3, -0.25) is 0 Å². The van der Waals surface area contributed by atoms with Crippen LogP contribution in [-0.2, 0) is 6.42 Å². The first-order valence-corrected chi connectivity index (χ1v) is 7.36. The third-order valence-electron chi connectivity index (χ3n) is 3.30. The Morgan fingerprint density at radius 2 is 1.86 bits per heavy atom. The molecule has 0 amide bonds. The highest BCUT2D eigenvalue weighted by atomic mass is 14.0. The Bertz CT molecular complexity index is 630. The number of hydrogen-bond acceptors (Lipinski definition) is 0. The van der Waals surface area contributed by atoms with Crippen LogP contribution in [0.15, 0.2) is 85.0 Å². The molecule has 2 aromatic rings. The van der Waals surface area contributed by atoms with Crippen molar-refractivity contribution in [1.82, 2.24) is 0 Å². The zero-order chi connectivity index (χ0) is 14.9. The molecule has 0 aliphatic heterocycles. The van der Waals surface area contributed by atoms with Gasteiger partial charge in [0, 0.05) is 0 Å². The van der Waals surface area contributed by atoms with Crippen molar-refractivity contribution in [1.29, 1.82) is 0 Å². The van der Waals surface area contributed by atoms with Crippen molar-refractivity contribution in [3.8, 4) is 0 Å².